The van der Waals surface area contributed by atoms with E-state index in [4.69, 9.17) is 0 Å². The zero-order valence-electron chi connectivity index (χ0n) is 12.5. The van der Waals surface area contributed by atoms with Crippen LogP contribution in [0.5, 0.6) is 0 Å². The van der Waals surface area contributed by atoms with Gasteiger partial charge in [0.25, 0.3) is 5.91 Å². The molecule has 0 aromatic carbocycles. The van der Waals surface area contributed by atoms with E-state index in [9.17, 15) is 14.7 Å². The summed E-state index contributed by atoms with van der Waals surface area (Å²) in [7, 11) is 0. The molecule has 1 heterocycles. The van der Waals surface area contributed by atoms with Crippen molar-refractivity contribution in [1.29, 1.82) is 0 Å². The maximum Gasteiger partial charge on any atom is 0.329 e. The lowest BCUT2D eigenvalue weighted by atomic mass is 9.77. The normalized spacial score (nSPS) is 28.4. The number of nitrogens with zero attached hydrogens (tertiary/aromatic N) is 1. The Morgan fingerprint density at radius 1 is 1.32 bits per heavy atom. The highest BCUT2D eigenvalue weighted by molar-refractivity contribution is 9.10. The van der Waals surface area contributed by atoms with E-state index in [0.29, 0.717) is 29.2 Å². The number of H-pyrrole nitrogens is 1. The summed E-state index contributed by atoms with van der Waals surface area (Å²) in [6.45, 7) is 2.11. The van der Waals surface area contributed by atoms with Gasteiger partial charge in [0.15, 0.2) is 5.69 Å². The van der Waals surface area contributed by atoms with E-state index in [-0.39, 0.29) is 5.69 Å². The third-order valence-electron chi connectivity index (χ3n) is 4.82. The summed E-state index contributed by atoms with van der Waals surface area (Å²) in [5.41, 5.74) is 0.0230. The number of amides is 1. The number of carbonyl (C=O) groups is 2. The predicted octanol–water partition coefficient (Wildman–Crippen LogP) is 2.81. The number of aliphatic carboxylic acids is 1. The molecule has 2 aliphatic carbocycles. The van der Waals surface area contributed by atoms with Gasteiger partial charge in [-0.3, -0.25) is 9.89 Å². The Morgan fingerprint density at radius 2 is 1.95 bits per heavy atom. The minimum atomic E-state index is -1.16. The second-order valence-electron chi connectivity index (χ2n) is 6.60. The van der Waals surface area contributed by atoms with Gasteiger partial charge in [-0.05, 0) is 60.4 Å². The van der Waals surface area contributed by atoms with E-state index < -0.39 is 17.4 Å². The second-order valence-corrected chi connectivity index (χ2v) is 7.39. The van der Waals surface area contributed by atoms with Crippen LogP contribution in [0.1, 0.15) is 67.5 Å². The fourth-order valence-corrected chi connectivity index (χ4v) is 3.74. The molecule has 22 heavy (non-hydrogen) atoms. The zero-order valence-corrected chi connectivity index (χ0v) is 14.1. The Hall–Kier alpha value is -1.37. The number of carboxylic acids is 1. The third-order valence-corrected chi connectivity index (χ3v) is 5.63. The molecule has 3 N–H and O–H groups in total. The van der Waals surface area contributed by atoms with Gasteiger partial charge in [0.1, 0.15) is 5.54 Å². The largest absolute Gasteiger partial charge is 0.480 e. The number of aromatic nitrogens is 2. The Labute approximate surface area is 137 Å². The van der Waals surface area contributed by atoms with Crippen molar-refractivity contribution in [2.75, 3.05) is 0 Å². The van der Waals surface area contributed by atoms with Crippen LogP contribution in [0.2, 0.25) is 0 Å². The van der Waals surface area contributed by atoms with Gasteiger partial charge in [0.05, 0.1) is 10.2 Å². The van der Waals surface area contributed by atoms with Gasteiger partial charge in [-0.2, -0.15) is 5.10 Å². The summed E-state index contributed by atoms with van der Waals surface area (Å²) in [6.07, 6.45) is 4.74. The minimum Gasteiger partial charge on any atom is -0.480 e. The summed E-state index contributed by atoms with van der Waals surface area (Å²) in [5.74, 6) is -0.441. The van der Waals surface area contributed by atoms with E-state index in [0.717, 1.165) is 31.4 Å². The Bertz CT molecular complexity index is 601. The monoisotopic (exact) mass is 369 g/mol. The number of hydrogen-bond donors (Lipinski definition) is 3. The van der Waals surface area contributed by atoms with Crippen molar-refractivity contribution in [1.82, 2.24) is 15.5 Å². The molecule has 0 radical (unpaired) electrons. The highest BCUT2D eigenvalue weighted by Crippen LogP contribution is 2.43. The molecule has 1 aromatic rings. The summed E-state index contributed by atoms with van der Waals surface area (Å²) in [6, 6.07) is 0. The van der Waals surface area contributed by atoms with Crippen LogP contribution in [0.25, 0.3) is 0 Å². The minimum absolute atomic E-state index is 0.251. The molecule has 1 aromatic heterocycles. The van der Waals surface area contributed by atoms with Crippen molar-refractivity contribution in [3.8, 4) is 0 Å². The molecule has 6 nitrogen and oxygen atoms in total. The Kier molecular flexibility index (Phi) is 4.01. The van der Waals surface area contributed by atoms with E-state index >= 15 is 0 Å². The Balaban J connectivity index is 1.78. The number of halogens is 1. The molecule has 2 saturated carbocycles. The van der Waals surface area contributed by atoms with Crippen LogP contribution in [0.4, 0.5) is 0 Å². The highest BCUT2D eigenvalue weighted by atomic mass is 79.9. The Morgan fingerprint density at radius 3 is 2.50 bits per heavy atom. The van der Waals surface area contributed by atoms with Crippen LogP contribution in [0.3, 0.4) is 0 Å². The summed E-state index contributed by atoms with van der Waals surface area (Å²) in [5, 5.41) is 19.3. The molecule has 0 saturated heterocycles. The highest BCUT2D eigenvalue weighted by Gasteiger charge is 2.43. The van der Waals surface area contributed by atoms with Crippen molar-refractivity contribution in [3.63, 3.8) is 0 Å². The van der Waals surface area contributed by atoms with Crippen molar-refractivity contribution in [2.24, 2.45) is 5.92 Å². The quantitative estimate of drug-likeness (QED) is 0.760. The average Bonchev–Trinajstić information content (AvgIpc) is 3.24. The van der Waals surface area contributed by atoms with Crippen LogP contribution >= 0.6 is 15.9 Å². The van der Waals surface area contributed by atoms with E-state index in [2.05, 4.69) is 38.4 Å². The van der Waals surface area contributed by atoms with E-state index in [1.165, 1.54) is 0 Å². The van der Waals surface area contributed by atoms with Gasteiger partial charge >= 0.3 is 5.97 Å². The van der Waals surface area contributed by atoms with Gasteiger partial charge in [0.2, 0.25) is 0 Å². The molecule has 0 unspecified atom stereocenters. The first kappa shape index (κ1) is 15.5. The van der Waals surface area contributed by atoms with E-state index in [1.54, 1.807) is 0 Å². The molecule has 3 rings (SSSR count). The maximum atomic E-state index is 12.5. The van der Waals surface area contributed by atoms with Crippen molar-refractivity contribution >= 4 is 27.8 Å². The first-order valence-electron chi connectivity index (χ1n) is 7.72. The first-order valence-corrected chi connectivity index (χ1v) is 8.52. The standard InChI is InChI=1S/C15H20BrN3O3/c1-8-4-6-15(7-5-8,14(21)22)17-13(20)12-10(16)11(18-19-12)9-2-3-9/h8-9H,2-7H2,1H3,(H,17,20)(H,18,19)(H,21,22). The van der Waals surface area contributed by atoms with Crippen LogP contribution in [0, 0.1) is 5.92 Å². The molecule has 2 aliphatic rings. The second kappa shape index (κ2) is 5.68. The van der Waals surface area contributed by atoms with Crippen LogP contribution in [-0.2, 0) is 4.79 Å². The predicted molar refractivity (Wildman–Crippen MR) is 83.7 cm³/mol. The van der Waals surface area contributed by atoms with E-state index in [1.807, 2.05) is 0 Å². The van der Waals surface area contributed by atoms with Gasteiger partial charge in [-0.15, -0.1) is 0 Å². The number of aromatic amines is 1. The molecule has 0 bridgehead atoms. The van der Waals surface area contributed by atoms with Crippen molar-refractivity contribution in [2.45, 2.75) is 56.9 Å². The number of nitrogens with one attached hydrogen (secondary N) is 2. The van der Waals surface area contributed by atoms with Gasteiger partial charge < -0.3 is 10.4 Å². The first-order chi connectivity index (χ1) is 10.4. The summed E-state index contributed by atoms with van der Waals surface area (Å²) in [4.78, 5) is 24.2. The molecule has 120 valence electrons. The van der Waals surface area contributed by atoms with Crippen LogP contribution in [0.15, 0.2) is 4.47 Å². The van der Waals surface area contributed by atoms with Gasteiger partial charge in [-0.1, -0.05) is 6.92 Å². The molecule has 0 atom stereocenters. The molecular formula is C15H20BrN3O3. The lowest BCUT2D eigenvalue weighted by Crippen LogP contribution is -2.56. The van der Waals surface area contributed by atoms with Gasteiger partial charge in [-0.25, -0.2) is 4.79 Å². The lowest BCUT2D eigenvalue weighted by Gasteiger charge is -2.36. The summed E-state index contributed by atoms with van der Waals surface area (Å²) < 4.78 is 0.664. The van der Waals surface area contributed by atoms with Crippen molar-refractivity contribution in [3.05, 3.63) is 15.9 Å². The number of carboxylic acid groups (broad SMARTS) is 1. The molecule has 0 spiro atoms. The number of rotatable bonds is 4. The third kappa shape index (κ3) is 2.78. The molecular weight excluding hydrogens is 350 g/mol. The van der Waals surface area contributed by atoms with Gasteiger partial charge in [0, 0.05) is 5.92 Å². The topological polar surface area (TPSA) is 95.1 Å². The fourth-order valence-electron chi connectivity index (χ4n) is 3.06. The van der Waals surface area contributed by atoms with Crippen molar-refractivity contribution < 1.29 is 14.7 Å². The van der Waals surface area contributed by atoms with Crippen LogP contribution in [-0.4, -0.2) is 32.7 Å². The molecule has 2 fully saturated rings. The number of hydrogen-bond acceptors (Lipinski definition) is 3. The maximum absolute atomic E-state index is 12.5. The fraction of sp³-hybridized carbons (Fsp3) is 0.667. The summed E-state index contributed by atoms with van der Waals surface area (Å²) >= 11 is 3.42. The molecule has 7 heteroatoms. The lowest BCUT2D eigenvalue weighted by molar-refractivity contribution is -0.146. The zero-order chi connectivity index (χ0) is 15.9. The smallest absolute Gasteiger partial charge is 0.329 e. The van der Waals surface area contributed by atoms with Crippen LogP contribution < -0.4 is 5.32 Å². The molecule has 0 aliphatic heterocycles. The molecule has 1 amide bonds. The SMILES string of the molecule is CC1CCC(NC(=O)c2n[nH]c(C3CC3)c2Br)(C(=O)O)CC1. The number of carbonyl (C=O) groups excluding carboxylic acids is 1. The average molecular weight is 370 g/mol.